The molecule has 0 aliphatic heterocycles. The molecular weight excluding hydrogens is 342 g/mol. The molecule has 0 amide bonds. The van der Waals surface area contributed by atoms with E-state index in [0.29, 0.717) is 10.9 Å². The summed E-state index contributed by atoms with van der Waals surface area (Å²) in [4.78, 5) is 21.5. The van der Waals surface area contributed by atoms with Crippen LogP contribution < -0.4 is 0 Å². The number of nitrogens with zero attached hydrogens (tertiary/aromatic N) is 3. The number of Topliss-reactive ketones (excluding diaryl/α,β-unsaturated/α-hetero) is 1. The molecule has 2 aromatic carbocycles. The first-order valence-electron chi connectivity index (χ1n) is 8.31. The number of fused-ring (bicyclic) bond motifs is 1. The molecule has 26 heavy (non-hydrogen) atoms. The molecule has 5 heteroatoms. The first kappa shape index (κ1) is 16.5. The predicted molar refractivity (Wildman–Crippen MR) is 105 cm³/mol. The summed E-state index contributed by atoms with van der Waals surface area (Å²) in [5.41, 5.74) is 3.80. The maximum absolute atomic E-state index is 13.1. The van der Waals surface area contributed by atoms with Crippen molar-refractivity contribution in [2.75, 3.05) is 5.75 Å². The van der Waals surface area contributed by atoms with Crippen LogP contribution in [-0.4, -0.2) is 26.1 Å². The Kier molecular flexibility index (Phi) is 4.54. The molecule has 0 fully saturated rings. The first-order chi connectivity index (χ1) is 12.8. The van der Waals surface area contributed by atoms with Gasteiger partial charge in [0, 0.05) is 30.3 Å². The monoisotopic (exact) mass is 359 g/mol. The van der Waals surface area contributed by atoms with Crippen molar-refractivity contribution in [3.63, 3.8) is 0 Å². The van der Waals surface area contributed by atoms with Crippen LogP contribution in [0.15, 0.2) is 78.2 Å². The summed E-state index contributed by atoms with van der Waals surface area (Å²) in [6.07, 6.45) is 3.38. The largest absolute Gasteiger partial charge is 0.343 e. The number of carbonyl (C=O) groups excluding carboxylic acids is 1. The van der Waals surface area contributed by atoms with Crippen LogP contribution in [0.2, 0.25) is 0 Å². The van der Waals surface area contributed by atoms with E-state index in [4.69, 9.17) is 0 Å². The van der Waals surface area contributed by atoms with E-state index in [1.54, 1.807) is 18.5 Å². The van der Waals surface area contributed by atoms with Gasteiger partial charge in [0.25, 0.3) is 0 Å². The number of benzene rings is 2. The smallest absolute Gasteiger partial charge is 0.187 e. The third kappa shape index (κ3) is 3.02. The van der Waals surface area contributed by atoms with Crippen LogP contribution in [-0.2, 0) is 7.05 Å². The molecule has 128 valence electrons. The number of para-hydroxylation sites is 1. The van der Waals surface area contributed by atoms with E-state index in [2.05, 4.69) is 14.5 Å². The lowest BCUT2D eigenvalue weighted by Crippen LogP contribution is -2.05. The average molecular weight is 359 g/mol. The number of hydrogen-bond donors (Lipinski definition) is 0. The summed E-state index contributed by atoms with van der Waals surface area (Å²) in [5, 5.41) is 1.59. The van der Waals surface area contributed by atoms with Gasteiger partial charge in [0.15, 0.2) is 10.9 Å². The molecule has 0 radical (unpaired) electrons. The molecule has 2 heterocycles. The predicted octanol–water partition coefficient (Wildman–Crippen LogP) is 4.61. The van der Waals surface area contributed by atoms with Crippen molar-refractivity contribution in [2.45, 2.75) is 5.16 Å². The highest BCUT2D eigenvalue weighted by molar-refractivity contribution is 7.99. The Morgan fingerprint density at radius 2 is 1.65 bits per heavy atom. The van der Waals surface area contributed by atoms with Crippen molar-refractivity contribution in [1.29, 1.82) is 0 Å². The first-order valence-corrected chi connectivity index (χ1v) is 9.30. The maximum atomic E-state index is 13.1. The zero-order chi connectivity index (χ0) is 17.9. The second-order valence-electron chi connectivity index (χ2n) is 5.91. The Hall–Kier alpha value is -2.92. The van der Waals surface area contributed by atoms with Gasteiger partial charge >= 0.3 is 0 Å². The highest BCUT2D eigenvalue weighted by atomic mass is 32.2. The van der Waals surface area contributed by atoms with Crippen molar-refractivity contribution < 1.29 is 4.79 Å². The molecule has 2 aromatic heterocycles. The molecule has 0 saturated heterocycles. The van der Waals surface area contributed by atoms with Gasteiger partial charge in [-0.15, -0.1) is 0 Å². The lowest BCUT2D eigenvalue weighted by molar-refractivity contribution is 0.102. The van der Waals surface area contributed by atoms with Crippen molar-refractivity contribution in [3.05, 3.63) is 78.6 Å². The van der Waals surface area contributed by atoms with Crippen LogP contribution in [0.3, 0.4) is 0 Å². The molecule has 0 aliphatic carbocycles. The van der Waals surface area contributed by atoms with Crippen LogP contribution >= 0.6 is 11.8 Å². The van der Waals surface area contributed by atoms with E-state index >= 15 is 0 Å². The summed E-state index contributed by atoms with van der Waals surface area (Å²) >= 11 is 1.36. The lowest BCUT2D eigenvalue weighted by Gasteiger charge is -2.08. The van der Waals surface area contributed by atoms with E-state index < -0.39 is 0 Å². The van der Waals surface area contributed by atoms with E-state index in [1.165, 1.54) is 11.8 Å². The zero-order valence-corrected chi connectivity index (χ0v) is 15.1. The van der Waals surface area contributed by atoms with Gasteiger partial charge in [0.1, 0.15) is 0 Å². The Morgan fingerprint density at radius 3 is 2.42 bits per heavy atom. The third-order valence-electron chi connectivity index (χ3n) is 4.31. The summed E-state index contributed by atoms with van der Waals surface area (Å²) in [5.74, 6) is 0.385. The number of rotatable bonds is 5. The molecule has 4 rings (SSSR count). The van der Waals surface area contributed by atoms with Crippen molar-refractivity contribution in [1.82, 2.24) is 14.5 Å². The van der Waals surface area contributed by atoms with E-state index in [-0.39, 0.29) is 5.78 Å². The van der Waals surface area contributed by atoms with Crippen LogP contribution in [0, 0.1) is 0 Å². The quantitative estimate of drug-likeness (QED) is 0.297. The Bertz CT molecular complexity index is 1060. The molecule has 0 N–H and O–H groups in total. The van der Waals surface area contributed by atoms with Gasteiger partial charge in [0.05, 0.1) is 17.0 Å². The molecule has 0 bridgehead atoms. The number of carbonyl (C=O) groups is 1. The SMILES string of the molecule is Cn1c(-c2ccccc2)c(C(=O)CSc2ncccn2)c2ccccc21. The topological polar surface area (TPSA) is 47.8 Å². The Morgan fingerprint density at radius 1 is 0.962 bits per heavy atom. The van der Waals surface area contributed by atoms with E-state index in [9.17, 15) is 4.79 Å². The highest BCUT2D eigenvalue weighted by Crippen LogP contribution is 2.34. The van der Waals surface area contributed by atoms with E-state index in [0.717, 1.165) is 27.7 Å². The minimum Gasteiger partial charge on any atom is -0.343 e. The second kappa shape index (κ2) is 7.14. The standard InChI is InChI=1S/C21H17N3OS/c1-24-17-11-6-5-10-16(17)19(20(24)15-8-3-2-4-9-15)18(25)14-26-21-22-12-7-13-23-21/h2-13H,14H2,1H3. The van der Waals surface area contributed by atoms with Crippen LogP contribution in [0.5, 0.6) is 0 Å². The van der Waals surface area contributed by atoms with Gasteiger partial charge in [-0.05, 0) is 17.7 Å². The lowest BCUT2D eigenvalue weighted by atomic mass is 10.0. The molecule has 0 aliphatic rings. The summed E-state index contributed by atoms with van der Waals surface area (Å²) < 4.78 is 2.10. The van der Waals surface area contributed by atoms with Crippen molar-refractivity contribution in [2.24, 2.45) is 7.05 Å². The van der Waals surface area contributed by atoms with Gasteiger partial charge in [0.2, 0.25) is 0 Å². The minimum absolute atomic E-state index is 0.0816. The molecule has 0 atom stereocenters. The molecule has 0 unspecified atom stereocenters. The highest BCUT2D eigenvalue weighted by Gasteiger charge is 2.22. The van der Waals surface area contributed by atoms with Crippen molar-refractivity contribution >= 4 is 28.4 Å². The molecule has 4 aromatic rings. The summed E-state index contributed by atoms with van der Waals surface area (Å²) in [7, 11) is 2.01. The molecular formula is C21H17N3OS. The maximum Gasteiger partial charge on any atom is 0.187 e. The average Bonchev–Trinajstić information content (AvgIpc) is 3.00. The van der Waals surface area contributed by atoms with Crippen LogP contribution in [0.4, 0.5) is 0 Å². The molecule has 4 nitrogen and oxygen atoms in total. The van der Waals surface area contributed by atoms with Gasteiger partial charge in [-0.1, -0.05) is 60.3 Å². The number of hydrogen-bond acceptors (Lipinski definition) is 4. The summed E-state index contributed by atoms with van der Waals surface area (Å²) in [6, 6.07) is 19.9. The Labute approximate surface area is 155 Å². The minimum atomic E-state index is 0.0816. The van der Waals surface area contributed by atoms with Gasteiger partial charge in [-0.25, -0.2) is 9.97 Å². The van der Waals surface area contributed by atoms with Crippen LogP contribution in [0.1, 0.15) is 10.4 Å². The number of ketones is 1. The normalized spacial score (nSPS) is 11.0. The van der Waals surface area contributed by atoms with Gasteiger partial charge < -0.3 is 4.57 Å². The van der Waals surface area contributed by atoms with Crippen LogP contribution in [0.25, 0.3) is 22.2 Å². The van der Waals surface area contributed by atoms with Crippen molar-refractivity contribution in [3.8, 4) is 11.3 Å². The number of aromatic nitrogens is 3. The Balaban J connectivity index is 1.79. The fourth-order valence-electron chi connectivity index (χ4n) is 3.17. The van der Waals surface area contributed by atoms with E-state index in [1.807, 2.05) is 61.6 Å². The second-order valence-corrected chi connectivity index (χ2v) is 6.85. The van der Waals surface area contributed by atoms with Gasteiger partial charge in [-0.2, -0.15) is 0 Å². The molecule has 0 spiro atoms. The van der Waals surface area contributed by atoms with Gasteiger partial charge in [-0.3, -0.25) is 4.79 Å². The zero-order valence-electron chi connectivity index (χ0n) is 14.3. The fraction of sp³-hybridized carbons (Fsp3) is 0.0952. The number of thioether (sulfide) groups is 1. The summed E-state index contributed by atoms with van der Waals surface area (Å²) in [6.45, 7) is 0. The molecule has 0 saturated carbocycles. The fourth-order valence-corrected chi connectivity index (χ4v) is 3.85. The third-order valence-corrected chi connectivity index (χ3v) is 5.18. The number of aryl methyl sites for hydroxylation is 1.